The minimum absolute atomic E-state index is 0.387. The second kappa shape index (κ2) is 6.46. The fraction of sp³-hybridized carbons (Fsp3) is 0.333. The largest absolute Gasteiger partial charge is 0.494 e. The number of benzene rings is 1. The van der Waals surface area contributed by atoms with Gasteiger partial charge in [0.05, 0.1) is 25.3 Å². The zero-order chi connectivity index (χ0) is 11.8. The quantitative estimate of drug-likeness (QED) is 0.562. The van der Waals surface area contributed by atoms with Crippen LogP contribution in [-0.2, 0) is 4.74 Å². The molecule has 0 atom stereocenters. The Kier molecular flexibility index (Phi) is 4.87. The molecule has 4 heteroatoms. The minimum Gasteiger partial charge on any atom is -0.494 e. The van der Waals surface area contributed by atoms with Gasteiger partial charge in [0.2, 0.25) is 0 Å². The molecular formula is C12H13NO3. The van der Waals surface area contributed by atoms with E-state index in [1.165, 1.54) is 7.11 Å². The van der Waals surface area contributed by atoms with Crippen molar-refractivity contribution >= 4 is 5.97 Å². The van der Waals surface area contributed by atoms with Crippen molar-refractivity contribution in [2.24, 2.45) is 0 Å². The maximum Gasteiger partial charge on any atom is 0.337 e. The third kappa shape index (κ3) is 3.62. The number of esters is 1. The third-order valence-electron chi connectivity index (χ3n) is 1.96. The highest BCUT2D eigenvalue weighted by atomic mass is 16.5. The van der Waals surface area contributed by atoms with Crippen molar-refractivity contribution in [1.29, 1.82) is 5.26 Å². The van der Waals surface area contributed by atoms with Crippen molar-refractivity contribution in [3.8, 4) is 11.8 Å². The highest BCUT2D eigenvalue weighted by molar-refractivity contribution is 5.89. The van der Waals surface area contributed by atoms with Crippen LogP contribution in [0.3, 0.4) is 0 Å². The molecule has 84 valence electrons. The van der Waals surface area contributed by atoms with Crippen LogP contribution < -0.4 is 4.74 Å². The van der Waals surface area contributed by atoms with Crippen LogP contribution in [-0.4, -0.2) is 19.7 Å². The van der Waals surface area contributed by atoms with Crippen molar-refractivity contribution < 1.29 is 14.3 Å². The predicted octanol–water partition coefficient (Wildman–Crippen LogP) is 2.16. The summed E-state index contributed by atoms with van der Waals surface area (Å²) in [6.07, 6.45) is 1.15. The van der Waals surface area contributed by atoms with Gasteiger partial charge in [-0.05, 0) is 24.6 Å². The van der Waals surface area contributed by atoms with Crippen LogP contribution >= 0.6 is 0 Å². The number of carbonyl (C=O) groups excluding carboxylic acids is 1. The van der Waals surface area contributed by atoms with Crippen LogP contribution in [0.4, 0.5) is 0 Å². The molecule has 0 fully saturated rings. The fourth-order valence-electron chi connectivity index (χ4n) is 1.17. The smallest absolute Gasteiger partial charge is 0.337 e. The van der Waals surface area contributed by atoms with Gasteiger partial charge in [-0.25, -0.2) is 4.79 Å². The summed E-state index contributed by atoms with van der Waals surface area (Å²) in [6, 6.07) is 8.81. The predicted molar refractivity (Wildman–Crippen MR) is 58.1 cm³/mol. The van der Waals surface area contributed by atoms with Crippen molar-refractivity contribution in [1.82, 2.24) is 0 Å². The minimum atomic E-state index is -0.387. The molecule has 0 bridgehead atoms. The number of carbonyl (C=O) groups is 1. The number of hydrogen-bond donors (Lipinski definition) is 0. The van der Waals surface area contributed by atoms with Gasteiger partial charge in [-0.2, -0.15) is 5.26 Å². The Balaban J connectivity index is 2.54. The molecular weight excluding hydrogens is 206 g/mol. The van der Waals surface area contributed by atoms with Gasteiger partial charge in [-0.3, -0.25) is 0 Å². The molecule has 0 saturated carbocycles. The van der Waals surface area contributed by atoms with Gasteiger partial charge >= 0.3 is 5.97 Å². The van der Waals surface area contributed by atoms with E-state index in [0.29, 0.717) is 30.8 Å². The molecule has 0 amide bonds. The lowest BCUT2D eigenvalue weighted by Gasteiger charge is -2.06. The second-order valence-electron chi connectivity index (χ2n) is 3.13. The maximum absolute atomic E-state index is 11.2. The van der Waals surface area contributed by atoms with Crippen LogP contribution in [0.25, 0.3) is 0 Å². The molecule has 0 unspecified atom stereocenters. The lowest BCUT2D eigenvalue weighted by molar-refractivity contribution is 0.0600. The fourth-order valence-corrected chi connectivity index (χ4v) is 1.17. The van der Waals surface area contributed by atoms with E-state index < -0.39 is 0 Å². The summed E-state index contributed by atoms with van der Waals surface area (Å²) < 4.78 is 9.98. The van der Waals surface area contributed by atoms with Crippen LogP contribution in [0.5, 0.6) is 5.75 Å². The second-order valence-corrected chi connectivity index (χ2v) is 3.13. The van der Waals surface area contributed by atoms with E-state index in [-0.39, 0.29) is 5.97 Å². The zero-order valence-electron chi connectivity index (χ0n) is 9.10. The first-order chi connectivity index (χ1) is 7.77. The molecule has 0 aromatic heterocycles. The van der Waals surface area contributed by atoms with Gasteiger partial charge in [-0.1, -0.05) is 6.07 Å². The average Bonchev–Trinajstić information content (AvgIpc) is 2.34. The standard InChI is InChI=1S/C12H13NO3/c1-15-12(14)10-5-4-6-11(9-10)16-8-3-2-7-13/h4-6,9H,2-3,8H2,1H3. The normalized spacial score (nSPS) is 9.25. The van der Waals surface area contributed by atoms with Gasteiger partial charge in [-0.15, -0.1) is 0 Å². The van der Waals surface area contributed by atoms with E-state index in [2.05, 4.69) is 4.74 Å². The van der Waals surface area contributed by atoms with E-state index in [4.69, 9.17) is 10.00 Å². The summed E-state index contributed by atoms with van der Waals surface area (Å²) in [6.45, 7) is 0.470. The van der Waals surface area contributed by atoms with E-state index in [1.54, 1.807) is 24.3 Å². The Bertz CT molecular complexity index is 395. The first-order valence-corrected chi connectivity index (χ1v) is 4.96. The first kappa shape index (κ1) is 12.1. The first-order valence-electron chi connectivity index (χ1n) is 4.96. The van der Waals surface area contributed by atoms with Gasteiger partial charge in [0.25, 0.3) is 0 Å². The Morgan fingerprint density at radius 1 is 1.50 bits per heavy atom. The number of nitrogens with zero attached hydrogens (tertiary/aromatic N) is 1. The number of methoxy groups -OCH3 is 1. The molecule has 16 heavy (non-hydrogen) atoms. The topological polar surface area (TPSA) is 59.3 Å². The van der Waals surface area contributed by atoms with E-state index in [9.17, 15) is 4.79 Å². The Morgan fingerprint density at radius 2 is 2.31 bits per heavy atom. The van der Waals surface area contributed by atoms with Crippen molar-refractivity contribution in [3.63, 3.8) is 0 Å². The molecule has 1 aromatic rings. The summed E-state index contributed by atoms with van der Waals surface area (Å²) in [7, 11) is 1.34. The molecule has 0 spiro atoms. The monoisotopic (exact) mass is 219 g/mol. The zero-order valence-corrected chi connectivity index (χ0v) is 9.10. The SMILES string of the molecule is COC(=O)c1cccc(OCCCC#N)c1. The van der Waals surface area contributed by atoms with Crippen LogP contribution in [0.1, 0.15) is 23.2 Å². The molecule has 0 heterocycles. The number of unbranched alkanes of at least 4 members (excludes halogenated alkanes) is 1. The number of ether oxygens (including phenoxy) is 2. The molecule has 0 radical (unpaired) electrons. The summed E-state index contributed by atoms with van der Waals surface area (Å²) in [5, 5.41) is 8.35. The summed E-state index contributed by atoms with van der Waals surface area (Å²) in [5.41, 5.74) is 0.459. The molecule has 0 N–H and O–H groups in total. The number of nitriles is 1. The lowest BCUT2D eigenvalue weighted by atomic mass is 10.2. The number of hydrogen-bond acceptors (Lipinski definition) is 4. The molecule has 0 aliphatic rings. The molecule has 1 rings (SSSR count). The number of rotatable bonds is 5. The van der Waals surface area contributed by atoms with Gasteiger partial charge in [0.15, 0.2) is 0 Å². The molecule has 4 nitrogen and oxygen atoms in total. The van der Waals surface area contributed by atoms with E-state index in [1.807, 2.05) is 6.07 Å². The lowest BCUT2D eigenvalue weighted by Crippen LogP contribution is -2.02. The van der Waals surface area contributed by atoms with E-state index in [0.717, 1.165) is 0 Å². The molecule has 0 aliphatic heterocycles. The van der Waals surface area contributed by atoms with Crippen LogP contribution in [0.2, 0.25) is 0 Å². The molecule has 0 saturated heterocycles. The van der Waals surface area contributed by atoms with Crippen LogP contribution in [0, 0.1) is 11.3 Å². The van der Waals surface area contributed by atoms with Gasteiger partial charge < -0.3 is 9.47 Å². The summed E-state index contributed by atoms with van der Waals surface area (Å²) in [4.78, 5) is 11.2. The van der Waals surface area contributed by atoms with Crippen molar-refractivity contribution in [2.75, 3.05) is 13.7 Å². The molecule has 1 aromatic carbocycles. The Hall–Kier alpha value is -2.02. The van der Waals surface area contributed by atoms with Crippen molar-refractivity contribution in [2.45, 2.75) is 12.8 Å². The Labute approximate surface area is 94.4 Å². The Morgan fingerprint density at radius 3 is 3.00 bits per heavy atom. The highest BCUT2D eigenvalue weighted by Crippen LogP contribution is 2.14. The van der Waals surface area contributed by atoms with Gasteiger partial charge in [0.1, 0.15) is 5.75 Å². The van der Waals surface area contributed by atoms with E-state index >= 15 is 0 Å². The highest BCUT2D eigenvalue weighted by Gasteiger charge is 2.05. The molecule has 0 aliphatic carbocycles. The summed E-state index contributed by atoms with van der Waals surface area (Å²) >= 11 is 0. The third-order valence-corrected chi connectivity index (χ3v) is 1.96. The average molecular weight is 219 g/mol. The van der Waals surface area contributed by atoms with Gasteiger partial charge in [0, 0.05) is 6.42 Å². The van der Waals surface area contributed by atoms with Crippen LogP contribution in [0.15, 0.2) is 24.3 Å². The summed E-state index contributed by atoms with van der Waals surface area (Å²) in [5.74, 6) is 0.225. The maximum atomic E-state index is 11.2. The van der Waals surface area contributed by atoms with Crippen molar-refractivity contribution in [3.05, 3.63) is 29.8 Å².